The van der Waals surface area contributed by atoms with Gasteiger partial charge in [-0.2, -0.15) is 5.10 Å². The molecule has 0 spiro atoms. The molecule has 0 aliphatic rings. The Kier molecular flexibility index (Phi) is 2.22. The number of aromatic amines is 1. The first kappa shape index (κ1) is 7.74. The highest BCUT2D eigenvalue weighted by Gasteiger charge is 2.08. The van der Waals surface area contributed by atoms with Gasteiger partial charge in [0.2, 0.25) is 0 Å². The number of carbonyl (C=O) groups is 1. The fraction of sp³-hybridized carbons (Fsp3) is 0.333. The van der Waals surface area contributed by atoms with Crippen LogP contribution in [0.3, 0.4) is 0 Å². The lowest BCUT2D eigenvalue weighted by Crippen LogP contribution is -2.24. The Bertz CT molecular complexity index is 230. The van der Waals surface area contributed by atoms with E-state index in [9.17, 15) is 4.79 Å². The number of anilines is 1. The summed E-state index contributed by atoms with van der Waals surface area (Å²) in [6, 6.07) is 0. The molecule has 0 saturated carbocycles. The van der Waals surface area contributed by atoms with Crippen LogP contribution in [0, 0.1) is 0 Å². The third kappa shape index (κ3) is 2.05. The minimum absolute atomic E-state index is 0.439. The first-order valence-corrected chi connectivity index (χ1v) is 3.18. The number of carbonyl (C=O) groups excluding carboxylic acids is 1. The molecule has 1 aromatic rings. The number of nitrogens with zero attached hydrogens (tertiary/aromatic N) is 1. The minimum Gasteiger partial charge on any atom is -0.384 e. The van der Waals surface area contributed by atoms with Crippen LogP contribution >= 0.6 is 0 Å². The summed E-state index contributed by atoms with van der Waals surface area (Å²) in [6.07, 6.45) is 1.99. The number of aromatic nitrogens is 2. The van der Waals surface area contributed by atoms with Crippen molar-refractivity contribution < 1.29 is 9.90 Å². The topological polar surface area (TPSA) is 78.0 Å². The molecule has 1 amide bonds. The van der Waals surface area contributed by atoms with Gasteiger partial charge in [-0.1, -0.05) is 0 Å². The molecular formula is C6H9N3O2. The highest BCUT2D eigenvalue weighted by atomic mass is 16.3. The lowest BCUT2D eigenvalue weighted by Gasteiger charge is -2.02. The maximum Gasteiger partial charge on any atom is 0.253 e. The molecule has 5 nitrogen and oxygen atoms in total. The van der Waals surface area contributed by atoms with Gasteiger partial charge in [-0.3, -0.25) is 9.89 Å². The molecule has 0 aliphatic heterocycles. The normalized spacial score (nSPS) is 12.5. The van der Waals surface area contributed by atoms with Crippen molar-refractivity contribution in [2.24, 2.45) is 0 Å². The van der Waals surface area contributed by atoms with Crippen molar-refractivity contribution in [3.8, 4) is 0 Å². The van der Waals surface area contributed by atoms with Gasteiger partial charge < -0.3 is 10.4 Å². The Morgan fingerprint density at radius 2 is 2.64 bits per heavy atom. The van der Waals surface area contributed by atoms with Crippen LogP contribution in [0.15, 0.2) is 12.4 Å². The molecule has 60 valence electrons. The summed E-state index contributed by atoms with van der Waals surface area (Å²) < 4.78 is 0. The van der Waals surface area contributed by atoms with E-state index in [0.717, 1.165) is 0 Å². The van der Waals surface area contributed by atoms with Gasteiger partial charge in [-0.05, 0) is 6.92 Å². The third-order valence-corrected chi connectivity index (χ3v) is 1.15. The van der Waals surface area contributed by atoms with E-state index in [4.69, 9.17) is 5.11 Å². The van der Waals surface area contributed by atoms with Crippen LogP contribution in [0.2, 0.25) is 0 Å². The SMILES string of the molecule is CC(O)C(=O)Nc1cn[nH]c1. The van der Waals surface area contributed by atoms with Crippen molar-refractivity contribution in [3.05, 3.63) is 12.4 Å². The number of rotatable bonds is 2. The Hall–Kier alpha value is -1.36. The first-order chi connectivity index (χ1) is 5.20. The predicted molar refractivity (Wildman–Crippen MR) is 38.9 cm³/mol. The first-order valence-electron chi connectivity index (χ1n) is 3.18. The van der Waals surface area contributed by atoms with Crippen LogP contribution < -0.4 is 5.32 Å². The predicted octanol–water partition coefficient (Wildman–Crippen LogP) is -0.271. The summed E-state index contributed by atoms with van der Waals surface area (Å²) >= 11 is 0. The molecular weight excluding hydrogens is 146 g/mol. The summed E-state index contributed by atoms with van der Waals surface area (Å²) in [7, 11) is 0. The summed E-state index contributed by atoms with van der Waals surface area (Å²) in [5.74, 6) is -0.439. The van der Waals surface area contributed by atoms with Crippen molar-refractivity contribution >= 4 is 11.6 Å². The van der Waals surface area contributed by atoms with Gasteiger partial charge in [0, 0.05) is 6.20 Å². The Morgan fingerprint density at radius 3 is 3.09 bits per heavy atom. The average Bonchev–Trinajstić information content (AvgIpc) is 2.39. The van der Waals surface area contributed by atoms with E-state index in [0.29, 0.717) is 5.69 Å². The monoisotopic (exact) mass is 155 g/mol. The molecule has 1 heterocycles. The second kappa shape index (κ2) is 3.16. The molecule has 0 bridgehead atoms. The van der Waals surface area contributed by atoms with Gasteiger partial charge in [0.25, 0.3) is 5.91 Å². The molecule has 0 aliphatic carbocycles. The van der Waals surface area contributed by atoms with Gasteiger partial charge in [0.1, 0.15) is 6.10 Å². The molecule has 1 atom stereocenters. The van der Waals surface area contributed by atoms with E-state index in [2.05, 4.69) is 15.5 Å². The molecule has 0 aromatic carbocycles. The number of hydrogen-bond donors (Lipinski definition) is 3. The molecule has 1 rings (SSSR count). The molecule has 0 radical (unpaired) electrons. The molecule has 11 heavy (non-hydrogen) atoms. The third-order valence-electron chi connectivity index (χ3n) is 1.15. The standard InChI is InChI=1S/C6H9N3O2/c1-4(10)6(11)9-5-2-7-8-3-5/h2-4,10H,1H3,(H,7,8)(H,9,11). The van der Waals surface area contributed by atoms with Gasteiger partial charge in [-0.15, -0.1) is 0 Å². The summed E-state index contributed by atoms with van der Waals surface area (Å²) in [5.41, 5.74) is 0.552. The van der Waals surface area contributed by atoms with E-state index < -0.39 is 12.0 Å². The van der Waals surface area contributed by atoms with E-state index in [1.54, 1.807) is 0 Å². The fourth-order valence-corrected chi connectivity index (χ4v) is 0.566. The van der Waals surface area contributed by atoms with Crippen molar-refractivity contribution in [1.82, 2.24) is 10.2 Å². The Balaban J connectivity index is 2.50. The zero-order chi connectivity index (χ0) is 8.27. The van der Waals surface area contributed by atoms with Crippen LogP contribution in [0.1, 0.15) is 6.92 Å². The maximum absolute atomic E-state index is 10.8. The maximum atomic E-state index is 10.8. The molecule has 0 saturated heterocycles. The summed E-state index contributed by atoms with van der Waals surface area (Å²) in [5, 5.41) is 17.4. The number of nitrogens with one attached hydrogen (secondary N) is 2. The van der Waals surface area contributed by atoms with E-state index in [1.807, 2.05) is 0 Å². The second-order valence-electron chi connectivity index (χ2n) is 2.15. The lowest BCUT2D eigenvalue weighted by atomic mass is 10.4. The summed E-state index contributed by atoms with van der Waals surface area (Å²) in [6.45, 7) is 1.40. The van der Waals surface area contributed by atoms with Crippen molar-refractivity contribution in [3.63, 3.8) is 0 Å². The molecule has 5 heteroatoms. The van der Waals surface area contributed by atoms with E-state index in [1.165, 1.54) is 19.3 Å². The Morgan fingerprint density at radius 1 is 1.91 bits per heavy atom. The van der Waals surface area contributed by atoms with Gasteiger partial charge >= 0.3 is 0 Å². The van der Waals surface area contributed by atoms with Crippen LogP contribution in [0.25, 0.3) is 0 Å². The smallest absolute Gasteiger partial charge is 0.253 e. The van der Waals surface area contributed by atoms with Gasteiger partial charge in [0.15, 0.2) is 0 Å². The lowest BCUT2D eigenvalue weighted by molar-refractivity contribution is -0.123. The molecule has 1 aromatic heterocycles. The van der Waals surface area contributed by atoms with Crippen LogP contribution in [-0.4, -0.2) is 27.3 Å². The van der Waals surface area contributed by atoms with Crippen molar-refractivity contribution in [2.45, 2.75) is 13.0 Å². The van der Waals surface area contributed by atoms with Gasteiger partial charge in [0.05, 0.1) is 11.9 Å². The van der Waals surface area contributed by atoms with Crippen LogP contribution in [-0.2, 0) is 4.79 Å². The largest absolute Gasteiger partial charge is 0.384 e. The fourth-order valence-electron chi connectivity index (χ4n) is 0.566. The zero-order valence-corrected chi connectivity index (χ0v) is 6.03. The Labute approximate surface area is 63.4 Å². The van der Waals surface area contributed by atoms with Gasteiger partial charge in [-0.25, -0.2) is 0 Å². The number of amides is 1. The molecule has 3 N–H and O–H groups in total. The molecule has 0 fully saturated rings. The van der Waals surface area contributed by atoms with Crippen molar-refractivity contribution in [1.29, 1.82) is 0 Å². The number of H-pyrrole nitrogens is 1. The quantitative estimate of drug-likeness (QED) is 0.550. The number of aliphatic hydroxyl groups excluding tert-OH is 1. The highest BCUT2D eigenvalue weighted by Crippen LogP contribution is 2.01. The minimum atomic E-state index is -0.995. The number of aliphatic hydroxyl groups is 1. The van der Waals surface area contributed by atoms with E-state index in [-0.39, 0.29) is 0 Å². The van der Waals surface area contributed by atoms with E-state index >= 15 is 0 Å². The highest BCUT2D eigenvalue weighted by molar-refractivity contribution is 5.93. The zero-order valence-electron chi connectivity index (χ0n) is 6.03. The number of hydrogen-bond acceptors (Lipinski definition) is 3. The van der Waals surface area contributed by atoms with Crippen molar-refractivity contribution in [2.75, 3.05) is 5.32 Å². The second-order valence-corrected chi connectivity index (χ2v) is 2.15. The van der Waals surface area contributed by atoms with Crippen LogP contribution in [0.5, 0.6) is 0 Å². The molecule has 1 unspecified atom stereocenters. The average molecular weight is 155 g/mol. The summed E-state index contributed by atoms with van der Waals surface area (Å²) in [4.78, 5) is 10.8. The van der Waals surface area contributed by atoms with Crippen LogP contribution in [0.4, 0.5) is 5.69 Å².